The molecular formula is C16H21F. The maximum absolute atomic E-state index is 14.1. The van der Waals surface area contributed by atoms with Crippen molar-refractivity contribution in [2.45, 2.75) is 52.4 Å². The normalized spacial score (nSPS) is 15.1. The third-order valence-electron chi connectivity index (χ3n) is 3.55. The summed E-state index contributed by atoms with van der Waals surface area (Å²) in [6.07, 6.45) is 4.12. The first-order chi connectivity index (χ1) is 8.04. The van der Waals surface area contributed by atoms with Crippen LogP contribution in [0, 0.1) is 12.7 Å². The molecule has 1 aliphatic rings. The molecule has 0 bridgehead atoms. The molecule has 1 fully saturated rings. The minimum absolute atomic E-state index is 0.00634. The van der Waals surface area contributed by atoms with E-state index in [-0.39, 0.29) is 5.82 Å². The second kappa shape index (κ2) is 4.64. The molecular weight excluding hydrogens is 211 g/mol. The van der Waals surface area contributed by atoms with Crippen molar-refractivity contribution >= 4 is 0 Å². The Hall–Kier alpha value is -1.11. The van der Waals surface area contributed by atoms with Gasteiger partial charge in [0.15, 0.2) is 0 Å². The molecule has 1 aromatic carbocycles. The van der Waals surface area contributed by atoms with Crippen LogP contribution in [-0.2, 0) is 12.8 Å². The van der Waals surface area contributed by atoms with Crippen molar-refractivity contribution < 1.29 is 4.39 Å². The Kier molecular flexibility index (Phi) is 3.37. The Balaban J connectivity index is 2.56. The lowest BCUT2D eigenvalue weighted by Gasteiger charge is -2.17. The maximum Gasteiger partial charge on any atom is 0.129 e. The van der Waals surface area contributed by atoms with E-state index in [2.05, 4.69) is 12.6 Å². The zero-order chi connectivity index (χ0) is 12.6. The van der Waals surface area contributed by atoms with Crippen LogP contribution in [0.15, 0.2) is 18.2 Å². The van der Waals surface area contributed by atoms with Gasteiger partial charge in [0.2, 0.25) is 0 Å². The minimum Gasteiger partial charge on any atom is -0.206 e. The summed E-state index contributed by atoms with van der Waals surface area (Å²) in [6, 6.07) is 2.06. The molecule has 0 unspecified atom stereocenters. The Labute approximate surface area is 104 Å². The average molecular weight is 232 g/mol. The van der Waals surface area contributed by atoms with Crippen molar-refractivity contribution in [1.82, 2.24) is 0 Å². The lowest BCUT2D eigenvalue weighted by atomic mass is 9.89. The maximum atomic E-state index is 14.1. The summed E-state index contributed by atoms with van der Waals surface area (Å²) in [6.45, 7) is 9.92. The van der Waals surface area contributed by atoms with Crippen LogP contribution in [0.4, 0.5) is 4.39 Å². The van der Waals surface area contributed by atoms with E-state index in [4.69, 9.17) is 0 Å². The van der Waals surface area contributed by atoms with Crippen LogP contribution in [0.3, 0.4) is 0 Å². The van der Waals surface area contributed by atoms with Crippen LogP contribution in [0.5, 0.6) is 0 Å². The molecule has 1 aromatic rings. The van der Waals surface area contributed by atoms with Crippen molar-refractivity contribution in [2.24, 2.45) is 0 Å². The molecule has 0 N–H and O–H groups in total. The molecule has 0 nitrogen and oxygen atoms in total. The van der Waals surface area contributed by atoms with E-state index in [9.17, 15) is 4.39 Å². The second-order valence-electron chi connectivity index (χ2n) is 5.32. The Morgan fingerprint density at radius 3 is 2.53 bits per heavy atom. The number of hydrogen-bond donors (Lipinski definition) is 0. The summed E-state index contributed by atoms with van der Waals surface area (Å²) < 4.78 is 14.1. The van der Waals surface area contributed by atoms with E-state index in [1.807, 2.05) is 20.8 Å². The summed E-state index contributed by atoms with van der Waals surface area (Å²) in [7, 11) is 0. The van der Waals surface area contributed by atoms with E-state index < -0.39 is 0 Å². The molecule has 17 heavy (non-hydrogen) atoms. The highest BCUT2D eigenvalue weighted by atomic mass is 19.1. The molecule has 0 amide bonds. The highest BCUT2D eigenvalue weighted by Crippen LogP contribution is 2.44. The van der Waals surface area contributed by atoms with Gasteiger partial charge in [-0.3, -0.25) is 0 Å². The standard InChI is InChI=1S/C16H21F/c1-5-13-15(8-10(2)3)14(12-6-7-12)9-11(4)16(13)17/h9,12H,2,5-8H2,1,3-4H3. The monoisotopic (exact) mass is 232 g/mol. The number of aryl methyl sites for hydroxylation is 1. The van der Waals surface area contributed by atoms with Crippen molar-refractivity contribution in [2.75, 3.05) is 0 Å². The van der Waals surface area contributed by atoms with Crippen LogP contribution < -0.4 is 0 Å². The van der Waals surface area contributed by atoms with Crippen LogP contribution in [0.2, 0.25) is 0 Å². The first kappa shape index (κ1) is 12.3. The van der Waals surface area contributed by atoms with Gasteiger partial charge < -0.3 is 0 Å². The predicted octanol–water partition coefficient (Wildman–Crippen LogP) is 4.69. The molecule has 1 aliphatic carbocycles. The van der Waals surface area contributed by atoms with Gasteiger partial charge in [-0.25, -0.2) is 4.39 Å². The molecule has 0 aromatic heterocycles. The van der Waals surface area contributed by atoms with Gasteiger partial charge in [0.1, 0.15) is 5.82 Å². The molecule has 0 spiro atoms. The molecule has 1 saturated carbocycles. The molecule has 1 heteroatoms. The van der Waals surface area contributed by atoms with Crippen LogP contribution in [0.25, 0.3) is 0 Å². The molecule has 0 heterocycles. The highest BCUT2D eigenvalue weighted by Gasteiger charge is 2.28. The zero-order valence-electron chi connectivity index (χ0n) is 11.1. The third-order valence-corrected chi connectivity index (χ3v) is 3.55. The lowest BCUT2D eigenvalue weighted by Crippen LogP contribution is -2.05. The number of rotatable bonds is 4. The number of benzene rings is 1. The first-order valence-corrected chi connectivity index (χ1v) is 6.49. The number of allylic oxidation sites excluding steroid dienone is 1. The van der Waals surface area contributed by atoms with E-state index in [0.29, 0.717) is 5.92 Å². The number of hydrogen-bond acceptors (Lipinski definition) is 0. The van der Waals surface area contributed by atoms with E-state index >= 15 is 0 Å². The zero-order valence-corrected chi connectivity index (χ0v) is 11.1. The summed E-state index contributed by atoms with van der Waals surface area (Å²) in [5, 5.41) is 0. The second-order valence-corrected chi connectivity index (χ2v) is 5.32. The van der Waals surface area contributed by atoms with Crippen molar-refractivity contribution in [3.63, 3.8) is 0 Å². The first-order valence-electron chi connectivity index (χ1n) is 6.49. The van der Waals surface area contributed by atoms with Gasteiger partial charge in [0, 0.05) is 0 Å². The van der Waals surface area contributed by atoms with E-state index in [0.717, 1.165) is 29.5 Å². The molecule has 2 rings (SSSR count). The van der Waals surface area contributed by atoms with Gasteiger partial charge in [-0.2, -0.15) is 0 Å². The third kappa shape index (κ3) is 2.43. The van der Waals surface area contributed by atoms with Gasteiger partial charge in [-0.1, -0.05) is 25.1 Å². The quantitative estimate of drug-likeness (QED) is 0.660. The van der Waals surface area contributed by atoms with Crippen LogP contribution in [-0.4, -0.2) is 0 Å². The predicted molar refractivity (Wildman–Crippen MR) is 71.0 cm³/mol. The van der Waals surface area contributed by atoms with Crippen molar-refractivity contribution in [3.05, 3.63) is 46.3 Å². The SMILES string of the molecule is C=C(C)Cc1c(C2CC2)cc(C)c(F)c1CC. The van der Waals surface area contributed by atoms with Crippen molar-refractivity contribution in [3.8, 4) is 0 Å². The van der Waals surface area contributed by atoms with Gasteiger partial charge in [0.05, 0.1) is 0 Å². The van der Waals surface area contributed by atoms with Crippen LogP contribution >= 0.6 is 0 Å². The number of halogens is 1. The molecule has 0 saturated heterocycles. The van der Waals surface area contributed by atoms with Crippen molar-refractivity contribution in [1.29, 1.82) is 0 Å². The summed E-state index contributed by atoms with van der Waals surface area (Å²) >= 11 is 0. The fraction of sp³-hybridized carbons (Fsp3) is 0.500. The molecule has 92 valence electrons. The van der Waals surface area contributed by atoms with E-state index in [1.165, 1.54) is 24.0 Å². The summed E-state index contributed by atoms with van der Waals surface area (Å²) in [5.41, 5.74) is 5.42. The summed E-state index contributed by atoms with van der Waals surface area (Å²) in [4.78, 5) is 0. The smallest absolute Gasteiger partial charge is 0.129 e. The Morgan fingerprint density at radius 2 is 2.06 bits per heavy atom. The highest BCUT2D eigenvalue weighted by molar-refractivity contribution is 5.45. The van der Waals surface area contributed by atoms with Gasteiger partial charge >= 0.3 is 0 Å². The van der Waals surface area contributed by atoms with Crippen LogP contribution in [0.1, 0.15) is 54.9 Å². The fourth-order valence-corrected chi connectivity index (χ4v) is 2.57. The van der Waals surface area contributed by atoms with Gasteiger partial charge in [-0.15, -0.1) is 0 Å². The van der Waals surface area contributed by atoms with Gasteiger partial charge in [-0.05, 0) is 67.7 Å². The lowest BCUT2D eigenvalue weighted by molar-refractivity contribution is 0.598. The topological polar surface area (TPSA) is 0 Å². The average Bonchev–Trinajstić information content (AvgIpc) is 3.07. The molecule has 0 radical (unpaired) electrons. The summed E-state index contributed by atoms with van der Waals surface area (Å²) in [5.74, 6) is 0.669. The largest absolute Gasteiger partial charge is 0.206 e. The van der Waals surface area contributed by atoms with E-state index in [1.54, 1.807) is 0 Å². The minimum atomic E-state index is -0.00634. The fourth-order valence-electron chi connectivity index (χ4n) is 2.57. The Morgan fingerprint density at radius 1 is 1.41 bits per heavy atom. The Bertz CT molecular complexity index is 453. The molecule has 0 aliphatic heterocycles. The van der Waals surface area contributed by atoms with Gasteiger partial charge in [0.25, 0.3) is 0 Å². The molecule has 0 atom stereocenters.